The van der Waals surface area contributed by atoms with Gasteiger partial charge in [-0.1, -0.05) is 12.1 Å². The van der Waals surface area contributed by atoms with Crippen LogP contribution in [0.2, 0.25) is 0 Å². The first-order chi connectivity index (χ1) is 9.02. The lowest BCUT2D eigenvalue weighted by molar-refractivity contribution is 0.0869. The van der Waals surface area contributed by atoms with Crippen LogP contribution in [0.15, 0.2) is 36.7 Å². The molecule has 1 heterocycles. The van der Waals surface area contributed by atoms with Crippen LogP contribution in [0, 0.1) is 0 Å². The van der Waals surface area contributed by atoms with Crippen molar-refractivity contribution in [2.45, 2.75) is 19.4 Å². The Morgan fingerprint density at radius 1 is 1.32 bits per heavy atom. The van der Waals surface area contributed by atoms with Crippen LogP contribution in [0.1, 0.15) is 24.2 Å². The van der Waals surface area contributed by atoms with Gasteiger partial charge in [0.05, 0.1) is 18.3 Å². The van der Waals surface area contributed by atoms with Gasteiger partial charge in [0.25, 0.3) is 5.91 Å². The Kier molecular flexibility index (Phi) is 3.66. The van der Waals surface area contributed by atoms with E-state index >= 15 is 0 Å². The molecular weight excluding hydrogens is 242 g/mol. The number of aliphatic hydroxyl groups excluding tert-OH is 1. The van der Waals surface area contributed by atoms with Gasteiger partial charge in [0, 0.05) is 17.3 Å². The number of carbonyl (C=O) groups excluding carboxylic acids is 1. The average molecular weight is 259 g/mol. The Morgan fingerprint density at radius 3 is 2.53 bits per heavy atom. The van der Waals surface area contributed by atoms with E-state index < -0.39 is 5.54 Å². The van der Waals surface area contributed by atoms with E-state index in [1.54, 1.807) is 38.4 Å². The number of benzene rings is 1. The van der Waals surface area contributed by atoms with E-state index in [9.17, 15) is 4.79 Å². The zero-order chi connectivity index (χ0) is 13.9. The molecule has 0 unspecified atom stereocenters. The van der Waals surface area contributed by atoms with Crippen LogP contribution < -0.4 is 5.32 Å². The summed E-state index contributed by atoms with van der Waals surface area (Å²) in [5.74, 6) is -0.196. The summed E-state index contributed by atoms with van der Waals surface area (Å²) in [4.78, 5) is 12.0. The maximum absolute atomic E-state index is 12.0. The summed E-state index contributed by atoms with van der Waals surface area (Å²) in [5, 5.41) is 18.5. The summed E-state index contributed by atoms with van der Waals surface area (Å²) >= 11 is 0. The topological polar surface area (TPSA) is 78.0 Å². The van der Waals surface area contributed by atoms with Crippen LogP contribution in [0.5, 0.6) is 0 Å². The molecule has 3 N–H and O–H groups in total. The molecule has 1 amide bonds. The summed E-state index contributed by atoms with van der Waals surface area (Å²) in [5.41, 5.74) is 1.91. The first kappa shape index (κ1) is 13.3. The van der Waals surface area contributed by atoms with Gasteiger partial charge in [-0.2, -0.15) is 5.10 Å². The van der Waals surface area contributed by atoms with E-state index in [1.165, 1.54) is 0 Å². The van der Waals surface area contributed by atoms with Gasteiger partial charge in [0.1, 0.15) is 0 Å². The second-order valence-corrected chi connectivity index (χ2v) is 5.06. The summed E-state index contributed by atoms with van der Waals surface area (Å²) in [6.45, 7) is 3.43. The van der Waals surface area contributed by atoms with Gasteiger partial charge in [-0.15, -0.1) is 0 Å². The van der Waals surface area contributed by atoms with E-state index in [4.69, 9.17) is 5.11 Å². The fourth-order valence-electron chi connectivity index (χ4n) is 1.64. The number of nitrogens with zero attached hydrogens (tertiary/aromatic N) is 1. The molecule has 19 heavy (non-hydrogen) atoms. The molecule has 5 heteroatoms. The Morgan fingerprint density at radius 2 is 2.00 bits per heavy atom. The maximum Gasteiger partial charge on any atom is 0.251 e. The quantitative estimate of drug-likeness (QED) is 0.780. The fourth-order valence-corrected chi connectivity index (χ4v) is 1.64. The minimum atomic E-state index is -0.625. The SMILES string of the molecule is CC(C)(CO)NC(=O)c1ccc(-c2cn[nH]c2)cc1. The molecule has 0 radical (unpaired) electrons. The molecule has 0 saturated heterocycles. The first-order valence-corrected chi connectivity index (χ1v) is 6.04. The van der Waals surface area contributed by atoms with Gasteiger partial charge in [0.15, 0.2) is 0 Å². The van der Waals surface area contributed by atoms with Crippen LogP contribution in [0.4, 0.5) is 0 Å². The number of amides is 1. The third kappa shape index (κ3) is 3.20. The number of aromatic amines is 1. The fraction of sp³-hybridized carbons (Fsp3) is 0.286. The van der Waals surface area contributed by atoms with Crippen molar-refractivity contribution in [3.63, 3.8) is 0 Å². The highest BCUT2D eigenvalue weighted by atomic mass is 16.3. The lowest BCUT2D eigenvalue weighted by Crippen LogP contribution is -2.46. The van der Waals surface area contributed by atoms with Gasteiger partial charge in [-0.25, -0.2) is 0 Å². The molecule has 1 aromatic heterocycles. The molecule has 5 nitrogen and oxygen atoms in total. The maximum atomic E-state index is 12.0. The summed E-state index contributed by atoms with van der Waals surface area (Å²) < 4.78 is 0. The second kappa shape index (κ2) is 5.24. The predicted molar refractivity (Wildman–Crippen MR) is 72.7 cm³/mol. The van der Waals surface area contributed by atoms with Crippen molar-refractivity contribution in [2.24, 2.45) is 0 Å². The number of aliphatic hydroxyl groups is 1. The largest absolute Gasteiger partial charge is 0.394 e. The number of aromatic nitrogens is 2. The standard InChI is InChI=1S/C14H17N3O2/c1-14(2,9-18)17-13(19)11-5-3-10(4-6-11)12-7-15-16-8-12/h3-8,18H,9H2,1-2H3,(H,15,16)(H,17,19). The summed E-state index contributed by atoms with van der Waals surface area (Å²) in [6, 6.07) is 7.24. The zero-order valence-electron chi connectivity index (χ0n) is 11.0. The molecule has 0 fully saturated rings. The molecule has 0 spiro atoms. The summed E-state index contributed by atoms with van der Waals surface area (Å²) in [7, 11) is 0. The van der Waals surface area contributed by atoms with Crippen molar-refractivity contribution in [3.8, 4) is 11.1 Å². The average Bonchev–Trinajstić information content (AvgIpc) is 2.92. The lowest BCUT2D eigenvalue weighted by Gasteiger charge is -2.23. The highest BCUT2D eigenvalue weighted by Crippen LogP contribution is 2.18. The van der Waals surface area contributed by atoms with Crippen LogP contribution >= 0.6 is 0 Å². The minimum Gasteiger partial charge on any atom is -0.394 e. The van der Waals surface area contributed by atoms with Gasteiger partial charge in [-0.05, 0) is 31.5 Å². The molecule has 100 valence electrons. The number of H-pyrrole nitrogens is 1. The molecule has 0 saturated carbocycles. The second-order valence-electron chi connectivity index (χ2n) is 5.06. The number of rotatable bonds is 4. The highest BCUT2D eigenvalue weighted by Gasteiger charge is 2.19. The number of nitrogens with one attached hydrogen (secondary N) is 2. The normalized spacial score (nSPS) is 11.3. The smallest absolute Gasteiger partial charge is 0.251 e. The van der Waals surface area contributed by atoms with E-state index in [0.717, 1.165) is 11.1 Å². The van der Waals surface area contributed by atoms with Crippen molar-refractivity contribution < 1.29 is 9.90 Å². The van der Waals surface area contributed by atoms with Crippen LogP contribution in [0.3, 0.4) is 0 Å². The van der Waals surface area contributed by atoms with Gasteiger partial charge in [0.2, 0.25) is 0 Å². The highest BCUT2D eigenvalue weighted by molar-refractivity contribution is 5.95. The molecule has 0 bridgehead atoms. The molecular formula is C14H17N3O2. The minimum absolute atomic E-state index is 0.105. The lowest BCUT2D eigenvalue weighted by atomic mass is 10.0. The number of hydrogen-bond donors (Lipinski definition) is 3. The van der Waals surface area contributed by atoms with Crippen molar-refractivity contribution in [1.29, 1.82) is 0 Å². The molecule has 1 aromatic carbocycles. The van der Waals surface area contributed by atoms with Crippen LogP contribution in [-0.2, 0) is 0 Å². The Balaban J connectivity index is 2.13. The van der Waals surface area contributed by atoms with E-state index in [0.29, 0.717) is 5.56 Å². The number of hydrogen-bond acceptors (Lipinski definition) is 3. The summed E-state index contributed by atoms with van der Waals surface area (Å²) in [6.07, 6.45) is 3.52. The molecule has 0 aliphatic heterocycles. The van der Waals surface area contributed by atoms with Gasteiger partial charge >= 0.3 is 0 Å². The van der Waals surface area contributed by atoms with E-state index in [-0.39, 0.29) is 12.5 Å². The monoisotopic (exact) mass is 259 g/mol. The van der Waals surface area contributed by atoms with Crippen molar-refractivity contribution >= 4 is 5.91 Å². The molecule has 0 aliphatic rings. The van der Waals surface area contributed by atoms with E-state index in [1.807, 2.05) is 12.1 Å². The third-order valence-electron chi connectivity index (χ3n) is 2.83. The van der Waals surface area contributed by atoms with Gasteiger partial charge < -0.3 is 10.4 Å². The van der Waals surface area contributed by atoms with Gasteiger partial charge in [-0.3, -0.25) is 9.89 Å². The number of carbonyl (C=O) groups is 1. The molecule has 0 atom stereocenters. The Hall–Kier alpha value is -2.14. The third-order valence-corrected chi connectivity index (χ3v) is 2.83. The zero-order valence-corrected chi connectivity index (χ0v) is 11.0. The predicted octanol–water partition coefficient (Wildman–Crippen LogP) is 1.58. The van der Waals surface area contributed by atoms with Crippen molar-refractivity contribution in [1.82, 2.24) is 15.5 Å². The molecule has 2 rings (SSSR count). The van der Waals surface area contributed by atoms with Crippen LogP contribution in [0.25, 0.3) is 11.1 Å². The van der Waals surface area contributed by atoms with Crippen molar-refractivity contribution in [2.75, 3.05) is 6.61 Å². The molecule has 0 aliphatic carbocycles. The van der Waals surface area contributed by atoms with Crippen LogP contribution in [-0.4, -0.2) is 33.4 Å². The van der Waals surface area contributed by atoms with Crippen molar-refractivity contribution in [3.05, 3.63) is 42.2 Å². The Labute approximate surface area is 111 Å². The Bertz CT molecular complexity index is 545. The molecule has 2 aromatic rings. The first-order valence-electron chi connectivity index (χ1n) is 6.04. The van der Waals surface area contributed by atoms with E-state index in [2.05, 4.69) is 15.5 Å².